The van der Waals surface area contributed by atoms with Crippen LogP contribution in [0.5, 0.6) is 0 Å². The molecule has 0 radical (unpaired) electrons. The van der Waals surface area contributed by atoms with E-state index in [-0.39, 0.29) is 5.56 Å². The summed E-state index contributed by atoms with van der Waals surface area (Å²) in [7, 11) is 1.34. The minimum atomic E-state index is -0.578. The second-order valence-corrected chi connectivity index (χ2v) is 5.13. The van der Waals surface area contributed by atoms with E-state index in [1.54, 1.807) is 0 Å². The van der Waals surface area contributed by atoms with Crippen LogP contribution in [-0.2, 0) is 7.05 Å². The monoisotopic (exact) mass is 280 g/mol. The minimum absolute atomic E-state index is 0.0335. The van der Waals surface area contributed by atoms with Crippen LogP contribution in [-0.4, -0.2) is 35.1 Å². The second-order valence-electron chi connectivity index (χ2n) is 5.13. The predicted molar refractivity (Wildman–Crippen MR) is 74.8 cm³/mol. The van der Waals surface area contributed by atoms with Gasteiger partial charge in [-0.2, -0.15) is 0 Å². The van der Waals surface area contributed by atoms with Crippen molar-refractivity contribution in [1.29, 1.82) is 0 Å². The van der Waals surface area contributed by atoms with Crippen molar-refractivity contribution in [2.75, 3.05) is 19.6 Å². The maximum atomic E-state index is 11.9. The van der Waals surface area contributed by atoms with Crippen LogP contribution in [0, 0.1) is 5.92 Å². The van der Waals surface area contributed by atoms with E-state index in [9.17, 15) is 14.4 Å². The third kappa shape index (κ3) is 3.36. The Balaban J connectivity index is 1.90. The summed E-state index contributed by atoms with van der Waals surface area (Å²) in [6, 6.07) is 0. The maximum absolute atomic E-state index is 11.9. The zero-order chi connectivity index (χ0) is 14.5. The molecule has 0 saturated carbocycles. The minimum Gasteiger partial charge on any atom is -0.352 e. The highest BCUT2D eigenvalue weighted by atomic mass is 16.2. The number of amides is 1. The fraction of sp³-hybridized carbons (Fsp3) is 0.615. The Morgan fingerprint density at radius 2 is 2.30 bits per heavy atom. The van der Waals surface area contributed by atoms with Crippen molar-refractivity contribution in [1.82, 2.24) is 20.2 Å². The van der Waals surface area contributed by atoms with Gasteiger partial charge in [-0.1, -0.05) is 0 Å². The van der Waals surface area contributed by atoms with Gasteiger partial charge in [0.2, 0.25) is 0 Å². The third-order valence-corrected chi connectivity index (χ3v) is 3.66. The van der Waals surface area contributed by atoms with E-state index in [0.717, 1.165) is 24.1 Å². The molecule has 7 nitrogen and oxygen atoms in total. The van der Waals surface area contributed by atoms with Gasteiger partial charge in [0.1, 0.15) is 5.56 Å². The zero-order valence-electron chi connectivity index (χ0n) is 11.6. The Bertz CT molecular complexity index is 584. The summed E-state index contributed by atoms with van der Waals surface area (Å²) in [5.74, 6) is 0.132. The summed E-state index contributed by atoms with van der Waals surface area (Å²) in [4.78, 5) is 37.2. The van der Waals surface area contributed by atoms with Gasteiger partial charge >= 0.3 is 5.69 Å². The van der Waals surface area contributed by atoms with Gasteiger partial charge in [-0.3, -0.25) is 14.2 Å². The van der Waals surface area contributed by atoms with Gasteiger partial charge in [0.15, 0.2) is 0 Å². The fourth-order valence-electron chi connectivity index (χ4n) is 2.38. The van der Waals surface area contributed by atoms with Crippen LogP contribution in [0.2, 0.25) is 0 Å². The molecule has 1 aromatic rings. The normalized spacial score (nSPS) is 18.8. The SMILES string of the molecule is Cn1c(=O)[nH]cc(C(=O)NCCC2CCCNC2)c1=O. The van der Waals surface area contributed by atoms with Crippen LogP contribution >= 0.6 is 0 Å². The summed E-state index contributed by atoms with van der Waals surface area (Å²) >= 11 is 0. The molecule has 20 heavy (non-hydrogen) atoms. The van der Waals surface area contributed by atoms with Crippen molar-refractivity contribution in [2.45, 2.75) is 19.3 Å². The molecule has 0 spiro atoms. The first-order valence-electron chi connectivity index (χ1n) is 6.87. The number of H-pyrrole nitrogens is 1. The number of hydrogen-bond acceptors (Lipinski definition) is 4. The molecule has 7 heteroatoms. The highest BCUT2D eigenvalue weighted by molar-refractivity contribution is 5.93. The van der Waals surface area contributed by atoms with Gasteiger partial charge in [-0.15, -0.1) is 0 Å². The third-order valence-electron chi connectivity index (χ3n) is 3.66. The molecule has 0 bridgehead atoms. The van der Waals surface area contributed by atoms with E-state index < -0.39 is 17.2 Å². The first-order chi connectivity index (χ1) is 9.59. The lowest BCUT2D eigenvalue weighted by Crippen LogP contribution is -2.39. The smallest absolute Gasteiger partial charge is 0.328 e. The molecule has 1 amide bonds. The molecule has 1 aromatic heterocycles. The number of carbonyl (C=O) groups excluding carboxylic acids is 1. The molecular weight excluding hydrogens is 260 g/mol. The van der Waals surface area contributed by atoms with Crippen LogP contribution < -0.4 is 21.9 Å². The van der Waals surface area contributed by atoms with E-state index in [1.807, 2.05) is 0 Å². The van der Waals surface area contributed by atoms with Gasteiger partial charge in [-0.05, 0) is 38.3 Å². The van der Waals surface area contributed by atoms with Gasteiger partial charge in [0, 0.05) is 19.8 Å². The molecule has 0 aromatic carbocycles. The molecule has 2 rings (SSSR count). The Morgan fingerprint density at radius 3 is 3.00 bits per heavy atom. The lowest BCUT2D eigenvalue weighted by molar-refractivity contribution is 0.0948. The number of aromatic amines is 1. The van der Waals surface area contributed by atoms with E-state index in [4.69, 9.17) is 0 Å². The maximum Gasteiger partial charge on any atom is 0.328 e. The van der Waals surface area contributed by atoms with Gasteiger partial charge in [0.05, 0.1) is 0 Å². The second kappa shape index (κ2) is 6.51. The van der Waals surface area contributed by atoms with Crippen LogP contribution in [0.1, 0.15) is 29.6 Å². The largest absolute Gasteiger partial charge is 0.352 e. The molecule has 1 aliphatic heterocycles. The number of carbonyl (C=O) groups is 1. The molecule has 1 aliphatic rings. The molecule has 1 unspecified atom stereocenters. The summed E-state index contributed by atoms with van der Waals surface area (Å²) in [6.45, 7) is 2.58. The molecule has 1 atom stereocenters. The van der Waals surface area contributed by atoms with E-state index in [0.29, 0.717) is 12.5 Å². The fourth-order valence-corrected chi connectivity index (χ4v) is 2.38. The van der Waals surface area contributed by atoms with E-state index in [2.05, 4.69) is 15.6 Å². The molecule has 1 saturated heterocycles. The Hall–Kier alpha value is -1.89. The van der Waals surface area contributed by atoms with Crippen molar-refractivity contribution >= 4 is 5.91 Å². The topological polar surface area (TPSA) is 96.0 Å². The highest BCUT2D eigenvalue weighted by Crippen LogP contribution is 2.12. The number of nitrogens with zero attached hydrogens (tertiary/aromatic N) is 1. The van der Waals surface area contributed by atoms with E-state index >= 15 is 0 Å². The Kier molecular flexibility index (Phi) is 4.73. The summed E-state index contributed by atoms with van der Waals surface area (Å²) < 4.78 is 0.889. The van der Waals surface area contributed by atoms with Crippen molar-refractivity contribution in [3.63, 3.8) is 0 Å². The van der Waals surface area contributed by atoms with E-state index in [1.165, 1.54) is 26.1 Å². The van der Waals surface area contributed by atoms with Gasteiger partial charge < -0.3 is 15.6 Å². The molecule has 2 heterocycles. The van der Waals surface area contributed by atoms with Crippen LogP contribution in [0.3, 0.4) is 0 Å². The Labute approximate surface area is 116 Å². The van der Waals surface area contributed by atoms with Crippen molar-refractivity contribution < 1.29 is 4.79 Å². The summed E-state index contributed by atoms with van der Waals surface area (Å²) in [5, 5.41) is 6.05. The lowest BCUT2D eigenvalue weighted by Gasteiger charge is -2.22. The quantitative estimate of drug-likeness (QED) is 0.672. The standard InChI is InChI=1S/C13H20N4O3/c1-17-12(19)10(8-16-13(17)20)11(18)15-6-4-9-3-2-5-14-7-9/h8-9,14H,2-7H2,1H3,(H,15,18)(H,16,20). The number of rotatable bonds is 4. The van der Waals surface area contributed by atoms with Crippen molar-refractivity contribution in [2.24, 2.45) is 13.0 Å². The predicted octanol–water partition coefficient (Wildman–Crippen LogP) is -0.807. The summed E-state index contributed by atoms with van der Waals surface area (Å²) in [6.07, 6.45) is 4.40. The molecule has 110 valence electrons. The molecular formula is C13H20N4O3. The van der Waals surface area contributed by atoms with Crippen LogP contribution in [0.15, 0.2) is 15.8 Å². The Morgan fingerprint density at radius 1 is 1.50 bits per heavy atom. The van der Waals surface area contributed by atoms with Gasteiger partial charge in [0.25, 0.3) is 11.5 Å². The van der Waals surface area contributed by atoms with Gasteiger partial charge in [-0.25, -0.2) is 4.79 Å². The zero-order valence-corrected chi connectivity index (χ0v) is 11.6. The van der Waals surface area contributed by atoms with Crippen LogP contribution in [0.4, 0.5) is 0 Å². The first-order valence-corrected chi connectivity index (χ1v) is 6.87. The number of aromatic nitrogens is 2. The highest BCUT2D eigenvalue weighted by Gasteiger charge is 2.15. The van der Waals surface area contributed by atoms with Crippen molar-refractivity contribution in [3.8, 4) is 0 Å². The van der Waals surface area contributed by atoms with Crippen molar-refractivity contribution in [3.05, 3.63) is 32.6 Å². The average Bonchev–Trinajstić information content (AvgIpc) is 2.46. The first kappa shape index (κ1) is 14.5. The molecule has 0 aliphatic carbocycles. The number of hydrogen-bond donors (Lipinski definition) is 3. The molecule has 3 N–H and O–H groups in total. The lowest BCUT2D eigenvalue weighted by atomic mass is 9.96. The summed E-state index contributed by atoms with van der Waals surface area (Å²) in [5.41, 5.74) is -1.14. The van der Waals surface area contributed by atoms with Crippen LogP contribution in [0.25, 0.3) is 0 Å². The molecule has 1 fully saturated rings. The number of piperidine rings is 1. The average molecular weight is 280 g/mol. The number of nitrogens with one attached hydrogen (secondary N) is 3.